The minimum atomic E-state index is -0.235. The number of carbonyl (C=O) groups excluding carboxylic acids is 1. The van der Waals surface area contributed by atoms with Crippen molar-refractivity contribution in [1.29, 1.82) is 0 Å². The Morgan fingerprint density at radius 1 is 1.23 bits per heavy atom. The van der Waals surface area contributed by atoms with E-state index in [-0.39, 0.29) is 5.91 Å². The number of piperazine rings is 1. The molecule has 1 aliphatic rings. The van der Waals surface area contributed by atoms with E-state index in [2.05, 4.69) is 40.0 Å². The number of nitrogens with one attached hydrogen (secondary N) is 1. The lowest BCUT2D eigenvalue weighted by molar-refractivity contribution is 0.0908. The zero-order chi connectivity index (χ0) is 21.3. The Morgan fingerprint density at radius 3 is 2.73 bits per heavy atom. The molecule has 30 heavy (non-hydrogen) atoms. The van der Waals surface area contributed by atoms with E-state index < -0.39 is 0 Å². The topological polar surface area (TPSA) is 83.7 Å². The van der Waals surface area contributed by atoms with Gasteiger partial charge in [0.05, 0.1) is 12.4 Å². The molecule has 0 saturated carbocycles. The molecule has 0 unspecified atom stereocenters. The van der Waals surface area contributed by atoms with Gasteiger partial charge in [-0.25, -0.2) is 9.97 Å². The molecular formula is C21H31N5O3S. The summed E-state index contributed by atoms with van der Waals surface area (Å²) in [7, 11) is 1.60. The van der Waals surface area contributed by atoms with E-state index in [0.29, 0.717) is 24.7 Å². The van der Waals surface area contributed by atoms with Gasteiger partial charge in [-0.3, -0.25) is 4.79 Å². The zero-order valence-corrected chi connectivity index (χ0v) is 18.8. The summed E-state index contributed by atoms with van der Waals surface area (Å²) in [5, 5.41) is 3.50. The van der Waals surface area contributed by atoms with Crippen LogP contribution in [-0.4, -0.2) is 73.8 Å². The molecule has 9 heteroatoms. The maximum atomic E-state index is 12.1. The van der Waals surface area contributed by atoms with Crippen LogP contribution in [0, 0.1) is 0 Å². The van der Waals surface area contributed by atoms with Crippen molar-refractivity contribution in [2.24, 2.45) is 0 Å². The van der Waals surface area contributed by atoms with E-state index in [1.165, 1.54) is 11.8 Å². The van der Waals surface area contributed by atoms with Crippen LogP contribution in [-0.2, 0) is 16.9 Å². The lowest BCUT2D eigenvalue weighted by Crippen LogP contribution is -2.46. The number of thioether (sulfide) groups is 1. The van der Waals surface area contributed by atoms with E-state index in [0.717, 1.165) is 61.6 Å². The standard InChI is InChI=1S/C21H31N5O3S/c1-4-16-14-19(26-11-9-25(5-2)10-12-26)24-21(23-16)30-15-17-6-7-18(29-17)20(27)22-8-13-28-3/h6-7,14H,4-5,8-13,15H2,1-3H3,(H,22,27). The van der Waals surface area contributed by atoms with Crippen LogP contribution < -0.4 is 10.2 Å². The summed E-state index contributed by atoms with van der Waals surface area (Å²) >= 11 is 1.53. The average Bonchev–Trinajstić information content (AvgIpc) is 3.27. The molecule has 3 heterocycles. The average molecular weight is 434 g/mol. The SMILES string of the molecule is CCc1cc(N2CCN(CC)CC2)nc(SCc2ccc(C(=O)NCCOC)o2)n1. The van der Waals surface area contributed by atoms with Gasteiger partial charge in [-0.1, -0.05) is 25.6 Å². The van der Waals surface area contributed by atoms with Crippen molar-refractivity contribution in [2.45, 2.75) is 31.2 Å². The monoisotopic (exact) mass is 433 g/mol. The van der Waals surface area contributed by atoms with Gasteiger partial charge in [-0.05, 0) is 25.1 Å². The molecule has 8 nitrogen and oxygen atoms in total. The Labute approximate surface area is 182 Å². The van der Waals surface area contributed by atoms with Crippen LogP contribution in [0.25, 0.3) is 0 Å². The fraction of sp³-hybridized carbons (Fsp3) is 0.571. The summed E-state index contributed by atoms with van der Waals surface area (Å²) in [4.78, 5) is 26.3. The molecule has 1 amide bonds. The number of ether oxygens (including phenoxy) is 1. The number of rotatable bonds is 10. The number of methoxy groups -OCH3 is 1. The van der Waals surface area contributed by atoms with Gasteiger partial charge in [0, 0.05) is 51.6 Å². The second-order valence-corrected chi connectivity index (χ2v) is 8.02. The molecule has 1 saturated heterocycles. The number of hydrogen-bond acceptors (Lipinski definition) is 8. The molecular weight excluding hydrogens is 402 g/mol. The molecule has 164 valence electrons. The molecule has 0 aliphatic carbocycles. The molecule has 1 aliphatic heterocycles. The Kier molecular flexibility index (Phi) is 8.53. The molecule has 0 spiro atoms. The summed E-state index contributed by atoms with van der Waals surface area (Å²) in [5.74, 6) is 2.36. The van der Waals surface area contributed by atoms with Crippen molar-refractivity contribution in [1.82, 2.24) is 20.2 Å². The molecule has 3 rings (SSSR count). The maximum Gasteiger partial charge on any atom is 0.287 e. The van der Waals surface area contributed by atoms with Crippen molar-refractivity contribution in [3.05, 3.63) is 35.4 Å². The van der Waals surface area contributed by atoms with E-state index >= 15 is 0 Å². The molecule has 1 N–H and O–H groups in total. The normalized spacial score (nSPS) is 14.8. The summed E-state index contributed by atoms with van der Waals surface area (Å²) in [6, 6.07) is 5.62. The molecule has 2 aromatic heterocycles. The van der Waals surface area contributed by atoms with Gasteiger partial charge < -0.3 is 24.3 Å². The number of carbonyl (C=O) groups is 1. The number of nitrogens with zero attached hydrogens (tertiary/aromatic N) is 4. The van der Waals surface area contributed by atoms with Crippen molar-refractivity contribution >= 4 is 23.5 Å². The summed E-state index contributed by atoms with van der Waals surface area (Å²) in [6.07, 6.45) is 0.866. The van der Waals surface area contributed by atoms with Crippen molar-refractivity contribution < 1.29 is 13.9 Å². The van der Waals surface area contributed by atoms with Gasteiger partial charge in [-0.15, -0.1) is 0 Å². The van der Waals surface area contributed by atoms with Gasteiger partial charge in [0.1, 0.15) is 11.6 Å². The fourth-order valence-electron chi connectivity index (χ4n) is 3.23. The van der Waals surface area contributed by atoms with Crippen LogP contribution in [0.15, 0.2) is 27.8 Å². The Hall–Kier alpha value is -2.10. The third kappa shape index (κ3) is 6.20. The van der Waals surface area contributed by atoms with Crippen molar-refractivity contribution in [2.75, 3.05) is 57.9 Å². The highest BCUT2D eigenvalue weighted by molar-refractivity contribution is 7.98. The summed E-state index contributed by atoms with van der Waals surface area (Å²) in [5.41, 5.74) is 1.04. The highest BCUT2D eigenvalue weighted by Crippen LogP contribution is 2.24. The first-order valence-corrected chi connectivity index (χ1v) is 11.4. The molecule has 0 atom stereocenters. The smallest absolute Gasteiger partial charge is 0.287 e. The zero-order valence-electron chi connectivity index (χ0n) is 18.0. The number of likely N-dealkylation sites (N-methyl/N-ethyl adjacent to an activating group) is 1. The van der Waals surface area contributed by atoms with Crippen LogP contribution in [0.1, 0.15) is 35.9 Å². The van der Waals surface area contributed by atoms with E-state index in [4.69, 9.17) is 14.1 Å². The Morgan fingerprint density at radius 2 is 2.03 bits per heavy atom. The van der Waals surface area contributed by atoms with Gasteiger partial charge in [0.2, 0.25) is 0 Å². The summed E-state index contributed by atoms with van der Waals surface area (Å²) < 4.78 is 10.6. The van der Waals surface area contributed by atoms with Crippen LogP contribution >= 0.6 is 11.8 Å². The number of hydrogen-bond donors (Lipinski definition) is 1. The third-order valence-electron chi connectivity index (χ3n) is 5.07. The predicted molar refractivity (Wildman–Crippen MR) is 118 cm³/mol. The number of aryl methyl sites for hydroxylation is 1. The Balaban J connectivity index is 1.61. The van der Waals surface area contributed by atoms with Gasteiger partial charge in [0.15, 0.2) is 10.9 Å². The van der Waals surface area contributed by atoms with Gasteiger partial charge in [-0.2, -0.15) is 0 Å². The number of furan rings is 1. The van der Waals surface area contributed by atoms with Crippen molar-refractivity contribution in [3.8, 4) is 0 Å². The minimum absolute atomic E-state index is 0.235. The quantitative estimate of drug-likeness (QED) is 0.348. The predicted octanol–water partition coefficient (Wildman–Crippen LogP) is 2.44. The molecule has 2 aromatic rings. The van der Waals surface area contributed by atoms with E-state index in [1.54, 1.807) is 13.2 Å². The second-order valence-electron chi connectivity index (χ2n) is 7.08. The maximum absolute atomic E-state index is 12.1. The first-order chi connectivity index (χ1) is 14.6. The number of amides is 1. The van der Waals surface area contributed by atoms with Crippen molar-refractivity contribution in [3.63, 3.8) is 0 Å². The van der Waals surface area contributed by atoms with Gasteiger partial charge >= 0.3 is 0 Å². The molecule has 0 aromatic carbocycles. The highest BCUT2D eigenvalue weighted by atomic mass is 32.2. The van der Waals surface area contributed by atoms with E-state index in [1.807, 2.05) is 6.07 Å². The summed E-state index contributed by atoms with van der Waals surface area (Å²) in [6.45, 7) is 10.4. The van der Waals surface area contributed by atoms with E-state index in [9.17, 15) is 4.79 Å². The molecule has 0 radical (unpaired) electrons. The number of aromatic nitrogens is 2. The largest absolute Gasteiger partial charge is 0.455 e. The van der Waals surface area contributed by atoms with Crippen LogP contribution in [0.3, 0.4) is 0 Å². The first-order valence-electron chi connectivity index (χ1n) is 10.5. The minimum Gasteiger partial charge on any atom is -0.455 e. The fourth-order valence-corrected chi connectivity index (χ4v) is 3.99. The van der Waals surface area contributed by atoms with Gasteiger partial charge in [0.25, 0.3) is 5.91 Å². The van der Waals surface area contributed by atoms with Crippen LogP contribution in [0.5, 0.6) is 0 Å². The third-order valence-corrected chi connectivity index (χ3v) is 5.94. The van der Waals surface area contributed by atoms with Crippen LogP contribution in [0.2, 0.25) is 0 Å². The first kappa shape index (κ1) is 22.6. The number of anilines is 1. The lowest BCUT2D eigenvalue weighted by Gasteiger charge is -2.34. The Bertz CT molecular complexity index is 821. The molecule has 0 bridgehead atoms. The molecule has 1 fully saturated rings. The highest BCUT2D eigenvalue weighted by Gasteiger charge is 2.18. The van der Waals surface area contributed by atoms with Crippen LogP contribution in [0.4, 0.5) is 5.82 Å². The second kappa shape index (κ2) is 11.3. The lowest BCUT2D eigenvalue weighted by atomic mass is 10.2.